The number of Topliss-reactive ketones (excluding diaryl/α,β-unsaturated/α-hetero) is 1. The van der Waals surface area contributed by atoms with Gasteiger partial charge < -0.3 is 15.4 Å². The maximum atomic E-state index is 13.2. The molecule has 0 fully saturated rings. The topological polar surface area (TPSA) is 72.6 Å². The highest BCUT2D eigenvalue weighted by molar-refractivity contribution is 5.92. The third kappa shape index (κ3) is 3.71. The summed E-state index contributed by atoms with van der Waals surface area (Å²) in [4.78, 5) is 25.4. The summed E-state index contributed by atoms with van der Waals surface area (Å²) in [6.45, 7) is 1.21. The number of carbonyl (C=O) groups excluding carboxylic acids is 2. The van der Waals surface area contributed by atoms with Gasteiger partial charge in [0.05, 0.1) is 12.5 Å². The van der Waals surface area contributed by atoms with Gasteiger partial charge in [-0.2, -0.15) is 0 Å². The zero-order valence-electron chi connectivity index (χ0n) is 13.2. The van der Waals surface area contributed by atoms with E-state index in [4.69, 9.17) is 10.5 Å². The fraction of sp³-hybridized carbons (Fsp3) is 0.333. The van der Waals surface area contributed by atoms with Crippen LogP contribution in [0.4, 0.5) is 4.39 Å². The van der Waals surface area contributed by atoms with E-state index in [2.05, 4.69) is 0 Å². The van der Waals surface area contributed by atoms with Gasteiger partial charge >= 0.3 is 0 Å². The standard InChI is InChI=1S/C18H19FN2O3/c19-14-3-1-2-12(8-14)11-24-16-5-4-13-9-21(7-6-17(20)22)10-15(13)18(16)23/h1-5,8-9,15-16H,6-7,10-11H2,(H2,20,22). The van der Waals surface area contributed by atoms with Crippen LogP contribution in [0.15, 0.2) is 48.2 Å². The number of ketones is 1. The quantitative estimate of drug-likeness (QED) is 0.859. The molecule has 1 aromatic rings. The zero-order valence-corrected chi connectivity index (χ0v) is 13.2. The fourth-order valence-electron chi connectivity index (χ4n) is 2.96. The van der Waals surface area contributed by atoms with Crippen LogP contribution in [-0.4, -0.2) is 35.8 Å². The zero-order chi connectivity index (χ0) is 17.1. The summed E-state index contributed by atoms with van der Waals surface area (Å²) in [6, 6.07) is 6.13. The lowest BCUT2D eigenvalue weighted by Gasteiger charge is -2.23. The molecule has 1 aliphatic heterocycles. The molecule has 6 heteroatoms. The van der Waals surface area contributed by atoms with Crippen molar-refractivity contribution in [2.45, 2.75) is 19.1 Å². The lowest BCUT2D eigenvalue weighted by Crippen LogP contribution is -2.35. The highest BCUT2D eigenvalue weighted by atomic mass is 19.1. The van der Waals surface area contributed by atoms with Crippen molar-refractivity contribution in [1.82, 2.24) is 4.90 Å². The number of primary amides is 1. The second kappa shape index (κ2) is 6.97. The van der Waals surface area contributed by atoms with Crippen molar-refractivity contribution >= 4 is 11.7 Å². The summed E-state index contributed by atoms with van der Waals surface area (Å²) < 4.78 is 18.8. The molecule has 24 heavy (non-hydrogen) atoms. The first-order chi connectivity index (χ1) is 11.5. The van der Waals surface area contributed by atoms with Gasteiger partial charge in [0.2, 0.25) is 5.91 Å². The second-order valence-corrected chi connectivity index (χ2v) is 6.02. The lowest BCUT2D eigenvalue weighted by atomic mass is 9.88. The summed E-state index contributed by atoms with van der Waals surface area (Å²) in [7, 11) is 0. The third-order valence-electron chi connectivity index (χ3n) is 4.20. The minimum Gasteiger partial charge on any atom is -0.376 e. The average molecular weight is 330 g/mol. The highest BCUT2D eigenvalue weighted by Crippen LogP contribution is 2.30. The molecule has 0 spiro atoms. The molecule has 0 bridgehead atoms. The maximum Gasteiger partial charge on any atom is 0.219 e. The smallest absolute Gasteiger partial charge is 0.219 e. The van der Waals surface area contributed by atoms with E-state index in [1.165, 1.54) is 12.1 Å². The summed E-state index contributed by atoms with van der Waals surface area (Å²) in [6.07, 6.45) is 5.12. The Morgan fingerprint density at radius 3 is 3.00 bits per heavy atom. The van der Waals surface area contributed by atoms with Gasteiger partial charge in [-0.3, -0.25) is 9.59 Å². The molecule has 0 saturated carbocycles. The summed E-state index contributed by atoms with van der Waals surface area (Å²) in [5.41, 5.74) is 6.77. The average Bonchev–Trinajstić information content (AvgIpc) is 2.96. The Balaban J connectivity index is 1.58. The number of allylic oxidation sites excluding steroid dienone is 1. The minimum atomic E-state index is -0.633. The van der Waals surface area contributed by atoms with Gasteiger partial charge in [-0.1, -0.05) is 18.2 Å². The van der Waals surface area contributed by atoms with Crippen LogP contribution in [0.25, 0.3) is 0 Å². The number of hydrogen-bond acceptors (Lipinski definition) is 4. The SMILES string of the molecule is NC(=O)CCN1C=C2C=CC(OCc3cccc(F)c3)C(=O)C2C1. The Morgan fingerprint density at radius 1 is 1.42 bits per heavy atom. The first kappa shape index (κ1) is 16.4. The molecule has 2 aliphatic rings. The lowest BCUT2D eigenvalue weighted by molar-refractivity contribution is -0.131. The van der Waals surface area contributed by atoms with Gasteiger partial charge in [0.1, 0.15) is 11.9 Å². The first-order valence-electron chi connectivity index (χ1n) is 7.85. The predicted molar refractivity (Wildman–Crippen MR) is 86.1 cm³/mol. The van der Waals surface area contributed by atoms with Gasteiger partial charge in [-0.25, -0.2) is 4.39 Å². The summed E-state index contributed by atoms with van der Waals surface area (Å²) >= 11 is 0. The van der Waals surface area contributed by atoms with Crippen LogP contribution in [0, 0.1) is 11.7 Å². The number of fused-ring (bicyclic) bond motifs is 1. The van der Waals surface area contributed by atoms with E-state index in [-0.39, 0.29) is 36.5 Å². The molecular formula is C18H19FN2O3. The Morgan fingerprint density at radius 2 is 2.25 bits per heavy atom. The Bertz CT molecular complexity index is 714. The van der Waals surface area contributed by atoms with E-state index in [1.807, 2.05) is 17.2 Å². The number of nitrogens with zero attached hydrogens (tertiary/aromatic N) is 1. The van der Waals surface area contributed by atoms with Crippen LogP contribution in [-0.2, 0) is 20.9 Å². The minimum absolute atomic E-state index is 0.0123. The molecule has 1 amide bonds. The molecule has 2 N–H and O–H groups in total. The maximum absolute atomic E-state index is 13.2. The molecule has 3 rings (SSSR count). The van der Waals surface area contributed by atoms with Crippen molar-refractivity contribution in [1.29, 1.82) is 0 Å². The van der Waals surface area contributed by atoms with Gasteiger partial charge in [0.15, 0.2) is 5.78 Å². The van der Waals surface area contributed by atoms with E-state index < -0.39 is 6.10 Å². The fourth-order valence-corrected chi connectivity index (χ4v) is 2.96. The Labute approximate surface area is 139 Å². The Hall–Kier alpha value is -2.47. The van der Waals surface area contributed by atoms with Crippen molar-refractivity contribution in [3.63, 3.8) is 0 Å². The second-order valence-electron chi connectivity index (χ2n) is 6.02. The number of ether oxygens (including phenoxy) is 1. The van der Waals surface area contributed by atoms with Crippen LogP contribution in [0.1, 0.15) is 12.0 Å². The van der Waals surface area contributed by atoms with Gasteiger partial charge in [0.25, 0.3) is 0 Å². The van der Waals surface area contributed by atoms with Crippen molar-refractivity contribution in [3.05, 3.63) is 59.6 Å². The molecule has 2 unspecified atom stereocenters. The number of halogens is 1. The van der Waals surface area contributed by atoms with Crippen molar-refractivity contribution in [2.75, 3.05) is 13.1 Å². The van der Waals surface area contributed by atoms with Crippen LogP contribution < -0.4 is 5.73 Å². The molecule has 126 valence electrons. The highest BCUT2D eigenvalue weighted by Gasteiger charge is 2.36. The number of amides is 1. The van der Waals surface area contributed by atoms with E-state index in [0.717, 1.165) is 5.57 Å². The molecule has 0 radical (unpaired) electrons. The number of carbonyl (C=O) groups is 2. The number of hydrogen-bond donors (Lipinski definition) is 1. The molecule has 1 heterocycles. The number of benzene rings is 1. The van der Waals surface area contributed by atoms with E-state index >= 15 is 0 Å². The van der Waals surface area contributed by atoms with E-state index in [1.54, 1.807) is 18.2 Å². The largest absolute Gasteiger partial charge is 0.376 e. The third-order valence-corrected chi connectivity index (χ3v) is 4.20. The molecule has 1 aromatic carbocycles. The Kier molecular flexibility index (Phi) is 4.76. The normalized spacial score (nSPS) is 22.5. The molecular weight excluding hydrogens is 311 g/mol. The summed E-state index contributed by atoms with van der Waals surface area (Å²) in [5.74, 6) is -0.948. The molecule has 0 saturated heterocycles. The van der Waals surface area contributed by atoms with Crippen molar-refractivity contribution in [3.8, 4) is 0 Å². The van der Waals surface area contributed by atoms with Crippen molar-refractivity contribution in [2.24, 2.45) is 11.7 Å². The van der Waals surface area contributed by atoms with E-state index in [9.17, 15) is 14.0 Å². The molecule has 2 atom stereocenters. The van der Waals surface area contributed by atoms with Crippen LogP contribution >= 0.6 is 0 Å². The predicted octanol–water partition coefficient (Wildman–Crippen LogP) is 1.54. The first-order valence-corrected chi connectivity index (χ1v) is 7.85. The number of rotatable bonds is 6. The monoisotopic (exact) mass is 330 g/mol. The number of nitrogens with two attached hydrogens (primary N) is 1. The van der Waals surface area contributed by atoms with Gasteiger partial charge in [-0.15, -0.1) is 0 Å². The summed E-state index contributed by atoms with van der Waals surface area (Å²) in [5, 5.41) is 0. The van der Waals surface area contributed by atoms with Crippen LogP contribution in [0.2, 0.25) is 0 Å². The molecule has 5 nitrogen and oxygen atoms in total. The van der Waals surface area contributed by atoms with Crippen molar-refractivity contribution < 1.29 is 18.7 Å². The van der Waals surface area contributed by atoms with Gasteiger partial charge in [-0.05, 0) is 29.3 Å². The molecule has 0 aromatic heterocycles. The van der Waals surface area contributed by atoms with E-state index in [0.29, 0.717) is 18.7 Å². The van der Waals surface area contributed by atoms with Gasteiger partial charge in [0, 0.05) is 25.7 Å². The van der Waals surface area contributed by atoms with Crippen LogP contribution in [0.3, 0.4) is 0 Å². The van der Waals surface area contributed by atoms with Crippen LogP contribution in [0.5, 0.6) is 0 Å². The molecule has 1 aliphatic carbocycles.